The van der Waals surface area contributed by atoms with Crippen LogP contribution in [0.2, 0.25) is 0 Å². The van der Waals surface area contributed by atoms with Crippen LogP contribution in [0.1, 0.15) is 102 Å². The highest BCUT2D eigenvalue weighted by atomic mass is 32.2. The van der Waals surface area contributed by atoms with Crippen LogP contribution in [0.5, 0.6) is 0 Å². The molecule has 0 saturated carbocycles. The number of nitrogens with zero attached hydrogens (tertiary/aromatic N) is 6. The van der Waals surface area contributed by atoms with Crippen LogP contribution in [0.4, 0.5) is 23.1 Å². The van der Waals surface area contributed by atoms with E-state index in [-0.39, 0.29) is 106 Å². The van der Waals surface area contributed by atoms with Gasteiger partial charge in [0, 0.05) is 50.0 Å². The van der Waals surface area contributed by atoms with E-state index in [2.05, 4.69) is 68.6 Å². The largest absolute Gasteiger partial charge is 0.391 e. The fraction of sp³-hybridized carbons (Fsp3) is 0.528. The lowest BCUT2D eigenvalue weighted by Gasteiger charge is -2.29. The van der Waals surface area contributed by atoms with E-state index in [9.17, 15) is 66.6 Å². The van der Waals surface area contributed by atoms with Crippen LogP contribution in [0.3, 0.4) is 0 Å². The Morgan fingerprint density at radius 3 is 1.83 bits per heavy atom. The molecule has 1 aliphatic heterocycles. The van der Waals surface area contributed by atoms with Gasteiger partial charge in [0.05, 0.1) is 40.9 Å². The van der Waals surface area contributed by atoms with Gasteiger partial charge in [0.25, 0.3) is 5.91 Å². The molecule has 1 aliphatic rings. The first-order valence-electron chi connectivity index (χ1n) is 36.8. The first kappa shape index (κ1) is 89.7. The van der Waals surface area contributed by atoms with E-state index < -0.39 is 167 Å². The number of nitrogens with two attached hydrogens (primary N) is 6. The van der Waals surface area contributed by atoms with Crippen LogP contribution in [-0.4, -0.2) is 229 Å². The van der Waals surface area contributed by atoms with E-state index in [0.717, 1.165) is 22.9 Å². The van der Waals surface area contributed by atoms with Gasteiger partial charge in [-0.15, -0.1) is 0 Å². The highest BCUT2D eigenvalue weighted by Crippen LogP contribution is 2.32. The van der Waals surface area contributed by atoms with Crippen molar-refractivity contribution in [2.24, 2.45) is 46.8 Å². The number of carbonyl (C=O) groups excluding carboxylic acids is 11. The number of aliphatic hydroxyl groups excluding tert-OH is 2. The molecule has 3 aromatic carbocycles. The average molecular weight is 1570 g/mol. The summed E-state index contributed by atoms with van der Waals surface area (Å²) in [6.07, 6.45) is -2.82. The Bertz CT molecular complexity index is 4170. The molecule has 6 rings (SSSR count). The number of hydrogen-bond donors (Lipinski definition) is 19. The molecular formula is C72H109N23O15S. The minimum absolute atomic E-state index is 0.0161. The Labute approximate surface area is 644 Å². The number of unbranched alkanes of at least 4 members (excludes halogenated alkanes) is 1. The molecule has 1 saturated heterocycles. The smallest absolute Gasteiger partial charge is 0.251 e. The van der Waals surface area contributed by atoms with Crippen LogP contribution < -0.4 is 102 Å². The van der Waals surface area contributed by atoms with Gasteiger partial charge in [0.15, 0.2) is 0 Å². The number of benzene rings is 3. The molecule has 111 heavy (non-hydrogen) atoms. The Kier molecular flexibility index (Phi) is 34.6. The number of fused-ring (bicyclic) bond motifs is 1. The molecule has 12 atom stereocenters. The highest BCUT2D eigenvalue weighted by Gasteiger charge is 2.39. The number of amides is 11. The minimum atomic E-state index is -4.38. The summed E-state index contributed by atoms with van der Waals surface area (Å²) in [4.78, 5) is 171. The molecule has 0 aliphatic carbocycles. The van der Waals surface area contributed by atoms with Gasteiger partial charge in [-0.1, -0.05) is 56.7 Å². The van der Waals surface area contributed by atoms with Gasteiger partial charge in [0.1, 0.15) is 60.2 Å². The lowest BCUT2D eigenvalue weighted by Crippen LogP contribution is -2.61. The van der Waals surface area contributed by atoms with Crippen LogP contribution in [-0.2, 0) is 76.2 Å². The van der Waals surface area contributed by atoms with Crippen LogP contribution >= 0.6 is 0 Å². The van der Waals surface area contributed by atoms with E-state index in [0.29, 0.717) is 35.4 Å². The monoisotopic (exact) mass is 1570 g/mol. The van der Waals surface area contributed by atoms with Crippen molar-refractivity contribution in [2.75, 3.05) is 62.7 Å². The highest BCUT2D eigenvalue weighted by molar-refractivity contribution is 7.89. The van der Waals surface area contributed by atoms with Gasteiger partial charge < -0.3 is 96.9 Å². The summed E-state index contributed by atoms with van der Waals surface area (Å²) < 4.78 is 27.7. The SMILES string of the molecule is Cc1ccc(N(C(=O)[C@H](CCCCN)NCC(=O)N[C@H](C(=O)N[C@@H](CCN)C(=O)N[C@H]2CCNC(=O)[C@H]([C@@H](C)O)NC(=O)[C@H](CCN)NC(=O)[C@H](CCN)NC(=O)[C@H](CC(C)C)NC(=O)[C@@H](Cc3ccccc3)NC(=O)[C@H](CCN)NC2=O)[C@@H](C)O)c2nccc(N(C)c3ccc4c(C)n(C)nc4c3)n2)cc1S(N)(=O)=O. The molecule has 11 amide bonds. The predicted molar refractivity (Wildman–Crippen MR) is 413 cm³/mol. The maximum atomic E-state index is 15.3. The number of aliphatic hydroxyl groups is 2. The van der Waals surface area contributed by atoms with Crippen molar-refractivity contribution in [1.29, 1.82) is 0 Å². The number of anilines is 4. The van der Waals surface area contributed by atoms with E-state index in [1.54, 1.807) is 66.9 Å². The fourth-order valence-electron chi connectivity index (χ4n) is 12.3. The lowest BCUT2D eigenvalue weighted by atomic mass is 10.00. The first-order chi connectivity index (χ1) is 52.6. The van der Waals surface area contributed by atoms with Crippen molar-refractivity contribution in [3.63, 3.8) is 0 Å². The maximum Gasteiger partial charge on any atom is 0.251 e. The summed E-state index contributed by atoms with van der Waals surface area (Å²) in [6, 6.07) is 4.33. The molecule has 0 unspecified atom stereocenters. The molecule has 1 fully saturated rings. The quantitative estimate of drug-likeness (QED) is 0.0180. The third kappa shape index (κ3) is 25.9. The molecule has 608 valence electrons. The Hall–Kier alpha value is -10.2. The van der Waals surface area contributed by atoms with Gasteiger partial charge in [-0.05, 0) is 165 Å². The standard InChI is InChI=1S/C72H109N23O15S/c1-39(2)34-55-67(104)84-48(21-28-74)62(99)83-51(24-31-77)66(103)91-60(42(5)96)69(106)79-32-25-52(65(102)82-49(22-29-75)64(101)88-56(68(105)87-55)35-44-14-10-9-11-15-44)85-63(100)50(23-30-76)86-70(107)61(43(6)97)90-59(98)38-81-53(16-12-13-27-73)71(108)95(46-18-17-40(3)57(37-46)111(78,109)110)72-80-33-26-58(89-72)93(7)45-19-20-47-41(4)94(8)92-54(47)36-45/h9-11,14-15,17-20,26,33,36-37,39,42-43,48-53,55-56,60-61,81,96-97H,12-13,16,21-25,27-32,34-35,38,73-77H2,1-8H3,(H,79,106)(H,82,102)(H,83,99)(H,84,104)(H,85,100)(H,86,107)(H,87,105)(H,88,101)(H,90,98)(H,91,103)(H2,78,109,110)/t42-,43-,48+,49+,50+,51+,52+,53+,55+,56-,60+,61+/m1/s1. The molecular weight excluding hydrogens is 1460 g/mol. The van der Waals surface area contributed by atoms with Crippen LogP contribution in [0.25, 0.3) is 10.9 Å². The number of sulfonamides is 1. The van der Waals surface area contributed by atoms with Gasteiger partial charge in [0.2, 0.25) is 75.0 Å². The second kappa shape index (κ2) is 42.8. The summed E-state index contributed by atoms with van der Waals surface area (Å²) in [6.45, 7) is 7.48. The molecule has 39 heteroatoms. The number of aromatic nitrogens is 4. The molecule has 2 aromatic heterocycles. The van der Waals surface area contributed by atoms with E-state index >= 15 is 4.79 Å². The zero-order chi connectivity index (χ0) is 82.0. The molecule has 5 aromatic rings. The van der Waals surface area contributed by atoms with Crippen molar-refractivity contribution in [2.45, 2.75) is 183 Å². The summed E-state index contributed by atoms with van der Waals surface area (Å²) in [5.74, 6) is -10.8. The van der Waals surface area contributed by atoms with E-state index in [1.165, 1.54) is 38.2 Å². The van der Waals surface area contributed by atoms with Gasteiger partial charge in [-0.25, -0.2) is 23.4 Å². The number of aryl methyl sites for hydroxylation is 3. The third-order valence-corrected chi connectivity index (χ3v) is 19.6. The Balaban J connectivity index is 1.29. The molecule has 0 spiro atoms. The van der Waals surface area contributed by atoms with Crippen molar-refractivity contribution in [3.8, 4) is 0 Å². The zero-order valence-electron chi connectivity index (χ0n) is 63.8. The molecule has 3 heterocycles. The topological polar surface area (TPSA) is 601 Å². The number of rotatable bonds is 32. The zero-order valence-corrected chi connectivity index (χ0v) is 64.6. The van der Waals surface area contributed by atoms with E-state index in [1.807, 2.05) is 32.2 Å². The van der Waals surface area contributed by atoms with Crippen molar-refractivity contribution in [3.05, 3.63) is 95.8 Å². The summed E-state index contributed by atoms with van der Waals surface area (Å²) in [5, 5.41) is 61.7. The van der Waals surface area contributed by atoms with Gasteiger partial charge >= 0.3 is 0 Å². The number of nitrogens with one attached hydrogen (secondary N) is 11. The summed E-state index contributed by atoms with van der Waals surface area (Å²) in [7, 11) is -0.821. The number of carbonyl (C=O) groups is 11. The summed E-state index contributed by atoms with van der Waals surface area (Å²) >= 11 is 0. The van der Waals surface area contributed by atoms with Crippen molar-refractivity contribution >= 4 is 109 Å². The van der Waals surface area contributed by atoms with Gasteiger partial charge in [-0.2, -0.15) is 10.1 Å². The van der Waals surface area contributed by atoms with Crippen LogP contribution in [0, 0.1) is 19.8 Å². The second-order valence-electron chi connectivity index (χ2n) is 27.7. The lowest BCUT2D eigenvalue weighted by molar-refractivity contribution is -0.136. The van der Waals surface area contributed by atoms with E-state index in [4.69, 9.17) is 38.8 Å². The Morgan fingerprint density at radius 1 is 0.658 bits per heavy atom. The first-order valence-corrected chi connectivity index (χ1v) is 38.3. The van der Waals surface area contributed by atoms with Crippen molar-refractivity contribution in [1.82, 2.24) is 78.2 Å². The maximum absolute atomic E-state index is 15.3. The van der Waals surface area contributed by atoms with Crippen LogP contribution in [0.15, 0.2) is 83.9 Å². The summed E-state index contributed by atoms with van der Waals surface area (Å²) in [5.41, 5.74) is 32.8. The molecule has 38 nitrogen and oxygen atoms in total. The fourth-order valence-corrected chi connectivity index (χ4v) is 13.1. The molecule has 25 N–H and O–H groups in total. The number of primary sulfonamides is 1. The normalized spacial score (nSPS) is 20.2. The van der Waals surface area contributed by atoms with Crippen molar-refractivity contribution < 1.29 is 71.4 Å². The minimum Gasteiger partial charge on any atom is -0.391 e. The Morgan fingerprint density at radius 2 is 1.24 bits per heavy atom. The average Bonchev–Trinajstić information content (AvgIpc) is 1.53. The molecule has 0 bridgehead atoms. The van der Waals surface area contributed by atoms with Gasteiger partial charge in [-0.3, -0.25) is 62.7 Å². The molecule has 0 radical (unpaired) electrons. The second-order valence-corrected chi connectivity index (χ2v) is 29.2. The number of hydrogen-bond acceptors (Lipinski definition) is 25. The predicted octanol–water partition coefficient (Wildman–Crippen LogP) is -4.52. The third-order valence-electron chi connectivity index (χ3n) is 18.5.